The van der Waals surface area contributed by atoms with Gasteiger partial charge in [0.1, 0.15) is 5.60 Å². The van der Waals surface area contributed by atoms with Gasteiger partial charge in [-0.1, -0.05) is 60.7 Å². The highest BCUT2D eigenvalue weighted by Crippen LogP contribution is 2.11. The van der Waals surface area contributed by atoms with Gasteiger partial charge in [0.25, 0.3) is 0 Å². The lowest BCUT2D eigenvalue weighted by Crippen LogP contribution is -2.45. The van der Waals surface area contributed by atoms with Gasteiger partial charge in [0.15, 0.2) is 5.78 Å². The molecular weight excluding hydrogens is 314 g/mol. The van der Waals surface area contributed by atoms with E-state index in [9.17, 15) is 9.59 Å². The average Bonchev–Trinajstić information content (AvgIpc) is 2.54. The maximum atomic E-state index is 12.7. The fourth-order valence-corrected chi connectivity index (χ4v) is 2.47. The lowest BCUT2D eigenvalue weighted by Gasteiger charge is -2.23. The first-order valence-corrected chi connectivity index (χ1v) is 8.43. The Morgan fingerprint density at radius 3 is 1.96 bits per heavy atom. The summed E-state index contributed by atoms with van der Waals surface area (Å²) in [6.45, 7) is 5.39. The van der Waals surface area contributed by atoms with Gasteiger partial charge in [-0.05, 0) is 38.3 Å². The van der Waals surface area contributed by atoms with Crippen LogP contribution in [0.5, 0.6) is 0 Å². The lowest BCUT2D eigenvalue weighted by molar-refractivity contribution is -0.120. The molecule has 0 spiro atoms. The second-order valence-corrected chi connectivity index (χ2v) is 7.02. The molecule has 2 aromatic rings. The number of hydrogen-bond acceptors (Lipinski definition) is 3. The molecule has 1 N–H and O–H groups in total. The molecule has 1 amide bonds. The molecule has 0 radical (unpaired) electrons. The second-order valence-electron chi connectivity index (χ2n) is 7.02. The topological polar surface area (TPSA) is 55.4 Å². The number of rotatable bonds is 6. The molecule has 4 nitrogen and oxygen atoms in total. The van der Waals surface area contributed by atoms with Crippen LogP contribution in [0.4, 0.5) is 4.79 Å². The van der Waals surface area contributed by atoms with Crippen molar-refractivity contribution in [1.29, 1.82) is 0 Å². The molecule has 2 rings (SSSR count). The fraction of sp³-hybridized carbons (Fsp3) is 0.333. The van der Waals surface area contributed by atoms with Crippen LogP contribution in [-0.4, -0.2) is 23.5 Å². The zero-order valence-corrected chi connectivity index (χ0v) is 15.0. The number of nitrogens with one attached hydrogen (secondary N) is 1. The molecule has 25 heavy (non-hydrogen) atoms. The Kier molecular flexibility index (Phi) is 6.34. The average molecular weight is 339 g/mol. The molecule has 0 aliphatic rings. The van der Waals surface area contributed by atoms with E-state index >= 15 is 0 Å². The van der Waals surface area contributed by atoms with E-state index in [0.717, 1.165) is 11.1 Å². The molecule has 0 aliphatic carbocycles. The maximum absolute atomic E-state index is 12.7. The van der Waals surface area contributed by atoms with E-state index in [1.165, 1.54) is 0 Å². The summed E-state index contributed by atoms with van der Waals surface area (Å²) < 4.78 is 5.30. The van der Waals surface area contributed by atoms with Crippen molar-refractivity contribution in [2.75, 3.05) is 0 Å². The zero-order valence-electron chi connectivity index (χ0n) is 15.0. The van der Waals surface area contributed by atoms with Gasteiger partial charge >= 0.3 is 6.09 Å². The van der Waals surface area contributed by atoms with Gasteiger partial charge in [0, 0.05) is 6.42 Å². The smallest absolute Gasteiger partial charge is 0.408 e. The molecule has 0 unspecified atom stereocenters. The predicted molar refractivity (Wildman–Crippen MR) is 98.5 cm³/mol. The highest BCUT2D eigenvalue weighted by atomic mass is 16.6. The quantitative estimate of drug-likeness (QED) is 0.867. The molecule has 1 atom stereocenters. The Labute approximate surface area is 149 Å². The minimum Gasteiger partial charge on any atom is -0.444 e. The zero-order chi connectivity index (χ0) is 18.3. The normalized spacial score (nSPS) is 12.3. The highest BCUT2D eigenvalue weighted by Gasteiger charge is 2.24. The van der Waals surface area contributed by atoms with Gasteiger partial charge in [-0.3, -0.25) is 4.79 Å². The number of Topliss-reactive ketones (excluding diaryl/α,β-unsaturated/α-hetero) is 1. The lowest BCUT2D eigenvalue weighted by atomic mass is 9.98. The Hall–Kier alpha value is -2.62. The molecule has 0 aromatic heterocycles. The molecule has 0 saturated carbocycles. The second kappa shape index (κ2) is 8.47. The number of alkyl carbamates (subject to hydrolysis) is 1. The van der Waals surface area contributed by atoms with Crippen molar-refractivity contribution in [1.82, 2.24) is 5.32 Å². The molecule has 4 heteroatoms. The van der Waals surface area contributed by atoms with Gasteiger partial charge in [0.05, 0.1) is 6.04 Å². The third-order valence-electron chi connectivity index (χ3n) is 3.58. The summed E-state index contributed by atoms with van der Waals surface area (Å²) >= 11 is 0. The van der Waals surface area contributed by atoms with Gasteiger partial charge < -0.3 is 10.1 Å². The number of hydrogen-bond donors (Lipinski definition) is 1. The third kappa shape index (κ3) is 6.79. The molecule has 0 fully saturated rings. The number of benzene rings is 2. The number of ether oxygens (including phenoxy) is 1. The first-order chi connectivity index (χ1) is 11.8. The van der Waals surface area contributed by atoms with Crippen LogP contribution in [0, 0.1) is 0 Å². The summed E-state index contributed by atoms with van der Waals surface area (Å²) in [6.07, 6.45) is 0.134. The maximum Gasteiger partial charge on any atom is 0.408 e. The summed E-state index contributed by atoms with van der Waals surface area (Å²) in [5.41, 5.74) is 1.31. The molecule has 0 saturated heterocycles. The van der Waals surface area contributed by atoms with E-state index in [4.69, 9.17) is 4.74 Å². The minimum absolute atomic E-state index is 0.0408. The van der Waals surface area contributed by atoms with E-state index in [0.29, 0.717) is 6.42 Å². The Balaban J connectivity index is 2.10. The third-order valence-corrected chi connectivity index (χ3v) is 3.58. The Morgan fingerprint density at radius 1 is 0.920 bits per heavy atom. The minimum atomic E-state index is -0.627. The first kappa shape index (κ1) is 18.7. The van der Waals surface area contributed by atoms with Gasteiger partial charge in [-0.15, -0.1) is 0 Å². The van der Waals surface area contributed by atoms with E-state index in [-0.39, 0.29) is 12.2 Å². The first-order valence-electron chi connectivity index (χ1n) is 8.43. The number of amides is 1. The SMILES string of the molecule is CC(C)(C)OC(=O)N[C@H](Cc1ccccc1)C(=O)Cc1ccccc1. The van der Waals surface area contributed by atoms with Crippen molar-refractivity contribution in [3.05, 3.63) is 71.8 Å². The number of carbonyl (C=O) groups excluding carboxylic acids is 2. The van der Waals surface area contributed by atoms with E-state index in [1.807, 2.05) is 60.7 Å². The molecule has 2 aromatic carbocycles. The van der Waals surface area contributed by atoms with Crippen LogP contribution in [0.25, 0.3) is 0 Å². The van der Waals surface area contributed by atoms with Gasteiger partial charge in [-0.25, -0.2) is 4.79 Å². The summed E-state index contributed by atoms with van der Waals surface area (Å²) in [6, 6.07) is 18.5. The Morgan fingerprint density at radius 2 is 1.44 bits per heavy atom. The summed E-state index contributed by atoms with van der Waals surface area (Å²) in [5, 5.41) is 2.73. The molecule has 132 valence electrons. The van der Waals surface area contributed by atoms with Crippen molar-refractivity contribution in [3.63, 3.8) is 0 Å². The summed E-state index contributed by atoms with van der Waals surface area (Å²) in [5.74, 6) is -0.0408. The molecule has 0 aliphatic heterocycles. The number of ketones is 1. The van der Waals surface area contributed by atoms with Crippen LogP contribution in [0.15, 0.2) is 60.7 Å². The predicted octanol–water partition coefficient (Wildman–Crippen LogP) is 3.93. The van der Waals surface area contributed by atoms with E-state index < -0.39 is 17.7 Å². The van der Waals surface area contributed by atoms with Crippen molar-refractivity contribution in [2.45, 2.75) is 45.3 Å². The van der Waals surface area contributed by atoms with E-state index in [1.54, 1.807) is 20.8 Å². The molecular formula is C21H25NO3. The van der Waals surface area contributed by atoms with Crippen molar-refractivity contribution in [3.8, 4) is 0 Å². The van der Waals surface area contributed by atoms with E-state index in [2.05, 4.69) is 5.32 Å². The molecule has 0 heterocycles. The monoisotopic (exact) mass is 339 g/mol. The Bertz CT molecular complexity index is 690. The fourth-order valence-electron chi connectivity index (χ4n) is 2.47. The van der Waals surface area contributed by atoms with Crippen molar-refractivity contribution >= 4 is 11.9 Å². The van der Waals surface area contributed by atoms with Crippen LogP contribution < -0.4 is 5.32 Å². The van der Waals surface area contributed by atoms with Crippen LogP contribution in [-0.2, 0) is 22.4 Å². The standard InChI is InChI=1S/C21H25NO3/c1-21(2,3)25-20(24)22-18(14-16-10-6-4-7-11-16)19(23)15-17-12-8-5-9-13-17/h4-13,18H,14-15H2,1-3H3,(H,22,24)/t18-/m1/s1. The van der Waals surface area contributed by atoms with Gasteiger partial charge in [-0.2, -0.15) is 0 Å². The highest BCUT2D eigenvalue weighted by molar-refractivity contribution is 5.89. The van der Waals surface area contributed by atoms with Gasteiger partial charge in [0.2, 0.25) is 0 Å². The van der Waals surface area contributed by atoms with Crippen molar-refractivity contribution < 1.29 is 14.3 Å². The number of carbonyl (C=O) groups is 2. The van der Waals surface area contributed by atoms with Crippen LogP contribution in [0.1, 0.15) is 31.9 Å². The molecule has 0 bridgehead atoms. The largest absolute Gasteiger partial charge is 0.444 e. The van der Waals surface area contributed by atoms with Crippen LogP contribution in [0.2, 0.25) is 0 Å². The van der Waals surface area contributed by atoms with Crippen LogP contribution >= 0.6 is 0 Å². The summed E-state index contributed by atoms with van der Waals surface area (Å²) in [4.78, 5) is 24.9. The summed E-state index contributed by atoms with van der Waals surface area (Å²) in [7, 11) is 0. The van der Waals surface area contributed by atoms with Crippen LogP contribution in [0.3, 0.4) is 0 Å². The van der Waals surface area contributed by atoms with Crippen molar-refractivity contribution in [2.24, 2.45) is 0 Å².